The predicted molar refractivity (Wildman–Crippen MR) is 104 cm³/mol. The summed E-state index contributed by atoms with van der Waals surface area (Å²) in [6.45, 7) is 0.737. The van der Waals surface area contributed by atoms with Crippen molar-refractivity contribution in [1.29, 1.82) is 0 Å². The molecule has 0 spiro atoms. The predicted octanol–water partition coefficient (Wildman–Crippen LogP) is 2.28. The number of ether oxygens (including phenoxy) is 3. The Bertz CT molecular complexity index is 1040. The highest BCUT2D eigenvalue weighted by Gasteiger charge is 2.35. The molecule has 1 atom stereocenters. The first kappa shape index (κ1) is 18.7. The van der Waals surface area contributed by atoms with Crippen molar-refractivity contribution >= 4 is 38.9 Å². The molecule has 0 aliphatic carbocycles. The van der Waals surface area contributed by atoms with Crippen LogP contribution in [-0.2, 0) is 14.8 Å². The van der Waals surface area contributed by atoms with Crippen LogP contribution in [0, 0.1) is 0 Å². The monoisotopic (exact) mass is 424 g/mol. The molecule has 0 radical (unpaired) electrons. The first-order valence-electron chi connectivity index (χ1n) is 8.46. The quantitative estimate of drug-likeness (QED) is 0.812. The Kier molecular flexibility index (Phi) is 4.72. The maximum Gasteiger partial charge on any atom is 0.267 e. The molecule has 2 heterocycles. The summed E-state index contributed by atoms with van der Waals surface area (Å²) in [5, 5.41) is 3.10. The number of halogens is 1. The molecule has 0 bridgehead atoms. The minimum atomic E-state index is -3.63. The zero-order valence-electron chi connectivity index (χ0n) is 14.8. The zero-order chi connectivity index (χ0) is 19.9. The molecule has 2 aromatic rings. The van der Waals surface area contributed by atoms with Crippen LogP contribution in [0.15, 0.2) is 36.4 Å². The summed E-state index contributed by atoms with van der Waals surface area (Å²) in [5.74, 6) is 0.924. The fourth-order valence-corrected chi connectivity index (χ4v) is 4.09. The van der Waals surface area contributed by atoms with Gasteiger partial charge in [0, 0.05) is 16.8 Å². The third kappa shape index (κ3) is 3.67. The Labute approximate surface area is 167 Å². The minimum Gasteiger partial charge on any atom is -0.486 e. The van der Waals surface area contributed by atoms with Gasteiger partial charge >= 0.3 is 0 Å². The van der Waals surface area contributed by atoms with E-state index in [1.165, 1.54) is 6.07 Å². The van der Waals surface area contributed by atoms with Gasteiger partial charge in [-0.1, -0.05) is 11.6 Å². The molecule has 2 aliphatic rings. The molecule has 1 N–H and O–H groups in total. The van der Waals surface area contributed by atoms with Crippen molar-refractivity contribution in [2.75, 3.05) is 35.6 Å². The topological polar surface area (TPSA) is 94.2 Å². The lowest BCUT2D eigenvalue weighted by Crippen LogP contribution is -2.48. The normalized spacial score (nSPS) is 18.1. The van der Waals surface area contributed by atoms with Crippen molar-refractivity contribution in [2.24, 2.45) is 0 Å². The van der Waals surface area contributed by atoms with Gasteiger partial charge in [0.15, 0.2) is 17.6 Å². The molecule has 28 heavy (non-hydrogen) atoms. The number of carbonyl (C=O) groups is 1. The van der Waals surface area contributed by atoms with E-state index >= 15 is 0 Å². The van der Waals surface area contributed by atoms with Crippen molar-refractivity contribution in [3.05, 3.63) is 41.4 Å². The van der Waals surface area contributed by atoms with E-state index < -0.39 is 22.0 Å². The van der Waals surface area contributed by atoms with Crippen LogP contribution < -0.4 is 23.8 Å². The number of rotatable bonds is 3. The summed E-state index contributed by atoms with van der Waals surface area (Å²) >= 11 is 5.98. The largest absolute Gasteiger partial charge is 0.486 e. The van der Waals surface area contributed by atoms with Crippen molar-refractivity contribution < 1.29 is 27.4 Å². The number of nitrogens with one attached hydrogen (secondary N) is 1. The van der Waals surface area contributed by atoms with Gasteiger partial charge in [-0.15, -0.1) is 0 Å². The third-order valence-corrected chi connectivity index (χ3v) is 5.67. The van der Waals surface area contributed by atoms with Crippen LogP contribution >= 0.6 is 11.6 Å². The molecule has 0 fully saturated rings. The molecule has 2 aromatic carbocycles. The van der Waals surface area contributed by atoms with Crippen LogP contribution in [0.5, 0.6) is 17.2 Å². The summed E-state index contributed by atoms with van der Waals surface area (Å²) in [7, 11) is -3.63. The number of carbonyl (C=O) groups excluding carboxylic acids is 1. The van der Waals surface area contributed by atoms with Gasteiger partial charge in [0.1, 0.15) is 19.0 Å². The Morgan fingerprint density at radius 2 is 1.82 bits per heavy atom. The summed E-state index contributed by atoms with van der Waals surface area (Å²) in [4.78, 5) is 12.7. The van der Waals surface area contributed by atoms with E-state index in [-0.39, 0.29) is 12.3 Å². The Morgan fingerprint density at radius 1 is 1.11 bits per heavy atom. The van der Waals surface area contributed by atoms with E-state index in [0.717, 1.165) is 10.6 Å². The number of benzene rings is 2. The average Bonchev–Trinajstić information content (AvgIpc) is 2.66. The second-order valence-corrected chi connectivity index (χ2v) is 8.70. The summed E-state index contributed by atoms with van der Waals surface area (Å²) in [6.07, 6.45) is 0.0373. The number of nitrogens with zero attached hydrogens (tertiary/aromatic N) is 1. The summed E-state index contributed by atoms with van der Waals surface area (Å²) in [6, 6.07) is 9.63. The molecule has 1 unspecified atom stereocenters. The maximum absolute atomic E-state index is 12.7. The standard InChI is InChI=1S/C18H17ClN2O6S/c1-28(23,24)21-10-17(27-14-4-2-11(19)8-13(14)21)18(22)20-12-3-5-15-16(9-12)26-7-6-25-15/h2-5,8-9,17H,6-7,10H2,1H3,(H,20,22). The second kappa shape index (κ2) is 7.06. The highest BCUT2D eigenvalue weighted by Crippen LogP contribution is 2.37. The molecule has 0 aromatic heterocycles. The van der Waals surface area contributed by atoms with Crippen molar-refractivity contribution in [3.8, 4) is 17.2 Å². The number of anilines is 2. The lowest BCUT2D eigenvalue weighted by molar-refractivity contribution is -0.122. The summed E-state index contributed by atoms with van der Waals surface area (Å²) in [5.41, 5.74) is 0.795. The Morgan fingerprint density at radius 3 is 2.57 bits per heavy atom. The molecule has 1 amide bonds. The Hall–Kier alpha value is -2.65. The van der Waals surface area contributed by atoms with Crippen LogP contribution in [0.25, 0.3) is 0 Å². The minimum absolute atomic E-state index is 0.164. The van der Waals surface area contributed by atoms with Gasteiger partial charge in [0.2, 0.25) is 10.0 Å². The van der Waals surface area contributed by atoms with Crippen LogP contribution in [0.3, 0.4) is 0 Å². The van der Waals surface area contributed by atoms with E-state index in [1.54, 1.807) is 30.3 Å². The van der Waals surface area contributed by atoms with E-state index in [9.17, 15) is 13.2 Å². The molecule has 0 saturated carbocycles. The fourth-order valence-electron chi connectivity index (χ4n) is 3.02. The maximum atomic E-state index is 12.7. The molecular formula is C18H17ClN2O6S. The molecular weight excluding hydrogens is 408 g/mol. The van der Waals surface area contributed by atoms with Crippen molar-refractivity contribution in [1.82, 2.24) is 0 Å². The first-order chi connectivity index (χ1) is 13.3. The SMILES string of the molecule is CS(=O)(=O)N1CC(C(=O)Nc2ccc3c(c2)OCCO3)Oc2ccc(Cl)cc21. The van der Waals surface area contributed by atoms with Gasteiger partial charge in [-0.3, -0.25) is 9.10 Å². The van der Waals surface area contributed by atoms with Gasteiger partial charge in [0.05, 0.1) is 18.5 Å². The molecule has 148 valence electrons. The lowest BCUT2D eigenvalue weighted by atomic mass is 10.2. The first-order valence-corrected chi connectivity index (χ1v) is 10.7. The molecule has 10 heteroatoms. The van der Waals surface area contributed by atoms with Crippen LogP contribution in [0.4, 0.5) is 11.4 Å². The lowest BCUT2D eigenvalue weighted by Gasteiger charge is -2.34. The molecule has 4 rings (SSSR count). The highest BCUT2D eigenvalue weighted by molar-refractivity contribution is 7.92. The third-order valence-electron chi connectivity index (χ3n) is 4.29. The molecule has 0 saturated heterocycles. The zero-order valence-corrected chi connectivity index (χ0v) is 16.4. The van der Waals surface area contributed by atoms with E-state index in [0.29, 0.717) is 41.1 Å². The van der Waals surface area contributed by atoms with Gasteiger partial charge < -0.3 is 19.5 Å². The van der Waals surface area contributed by atoms with Gasteiger partial charge in [-0.25, -0.2) is 8.42 Å². The highest BCUT2D eigenvalue weighted by atomic mass is 35.5. The number of hydrogen-bond donors (Lipinski definition) is 1. The number of hydrogen-bond acceptors (Lipinski definition) is 6. The number of fused-ring (bicyclic) bond motifs is 2. The summed E-state index contributed by atoms with van der Waals surface area (Å²) < 4.78 is 42.2. The molecule has 8 nitrogen and oxygen atoms in total. The second-order valence-electron chi connectivity index (χ2n) is 6.36. The number of amides is 1. The van der Waals surface area contributed by atoms with Gasteiger partial charge in [-0.05, 0) is 30.3 Å². The molecule has 2 aliphatic heterocycles. The van der Waals surface area contributed by atoms with Crippen molar-refractivity contribution in [3.63, 3.8) is 0 Å². The smallest absolute Gasteiger partial charge is 0.267 e. The Balaban J connectivity index is 1.57. The van der Waals surface area contributed by atoms with E-state index in [4.69, 9.17) is 25.8 Å². The fraction of sp³-hybridized carbons (Fsp3) is 0.278. The van der Waals surface area contributed by atoms with Gasteiger partial charge in [-0.2, -0.15) is 0 Å². The van der Waals surface area contributed by atoms with Crippen LogP contribution in [0.1, 0.15) is 0 Å². The van der Waals surface area contributed by atoms with Crippen molar-refractivity contribution in [2.45, 2.75) is 6.10 Å². The van der Waals surface area contributed by atoms with Crippen LogP contribution in [0.2, 0.25) is 5.02 Å². The van der Waals surface area contributed by atoms with Gasteiger partial charge in [0.25, 0.3) is 5.91 Å². The van der Waals surface area contributed by atoms with Crippen LogP contribution in [-0.4, -0.2) is 46.4 Å². The van der Waals surface area contributed by atoms with E-state index in [1.807, 2.05) is 0 Å². The number of sulfonamides is 1. The van der Waals surface area contributed by atoms with E-state index in [2.05, 4.69) is 5.32 Å². The average molecular weight is 425 g/mol.